The lowest BCUT2D eigenvalue weighted by molar-refractivity contribution is 0.102. The number of aryl methyl sites for hydroxylation is 1. The summed E-state index contributed by atoms with van der Waals surface area (Å²) in [7, 11) is 0. The van der Waals surface area contributed by atoms with Crippen LogP contribution in [0.4, 0.5) is 17.2 Å². The molecule has 1 amide bonds. The molecule has 0 fully saturated rings. The van der Waals surface area contributed by atoms with E-state index in [1.807, 2.05) is 89.1 Å². The predicted octanol–water partition coefficient (Wildman–Crippen LogP) is 4.22. The molecule has 8 nitrogen and oxygen atoms in total. The zero-order valence-corrected chi connectivity index (χ0v) is 16.7. The van der Waals surface area contributed by atoms with Gasteiger partial charge in [-0.15, -0.1) is 0 Å². The van der Waals surface area contributed by atoms with Crippen molar-refractivity contribution in [1.29, 1.82) is 0 Å². The second-order valence-electron chi connectivity index (χ2n) is 7.02. The minimum absolute atomic E-state index is 0.152. The Morgan fingerprint density at radius 1 is 0.935 bits per heavy atom. The molecule has 0 aliphatic carbocycles. The van der Waals surface area contributed by atoms with Crippen LogP contribution < -0.4 is 10.6 Å². The zero-order chi connectivity index (χ0) is 21.2. The van der Waals surface area contributed by atoms with Crippen molar-refractivity contribution in [2.24, 2.45) is 0 Å². The van der Waals surface area contributed by atoms with Crippen molar-refractivity contribution in [2.45, 2.75) is 6.92 Å². The Hall–Kier alpha value is -4.46. The van der Waals surface area contributed by atoms with Crippen LogP contribution in [0.1, 0.15) is 16.2 Å². The third kappa shape index (κ3) is 3.86. The summed E-state index contributed by atoms with van der Waals surface area (Å²) >= 11 is 0. The van der Waals surface area contributed by atoms with E-state index in [-0.39, 0.29) is 5.91 Å². The molecule has 0 saturated heterocycles. The van der Waals surface area contributed by atoms with Crippen molar-refractivity contribution >= 4 is 28.6 Å². The maximum atomic E-state index is 12.6. The topological polar surface area (TPSA) is 89.1 Å². The number of nitrogens with one attached hydrogen (secondary N) is 2. The van der Waals surface area contributed by atoms with Crippen molar-refractivity contribution in [1.82, 2.24) is 23.9 Å². The molecule has 2 N–H and O–H groups in total. The Kier molecular flexibility index (Phi) is 4.64. The molecule has 8 heteroatoms. The van der Waals surface area contributed by atoms with E-state index in [9.17, 15) is 4.79 Å². The molecule has 152 valence electrons. The summed E-state index contributed by atoms with van der Waals surface area (Å²) in [6, 6.07) is 17.0. The van der Waals surface area contributed by atoms with Crippen LogP contribution in [0.15, 0.2) is 85.7 Å². The summed E-state index contributed by atoms with van der Waals surface area (Å²) in [6.45, 7) is 1.92. The number of imidazole rings is 1. The Bertz CT molecular complexity index is 1340. The normalized spacial score (nSPS) is 10.9. The number of carbonyl (C=O) groups excluding carboxylic acids is 1. The van der Waals surface area contributed by atoms with Gasteiger partial charge in [0.15, 0.2) is 0 Å². The molecule has 0 unspecified atom stereocenters. The molecule has 0 aliphatic heterocycles. The van der Waals surface area contributed by atoms with Gasteiger partial charge in [-0.2, -0.15) is 0 Å². The van der Waals surface area contributed by atoms with Gasteiger partial charge in [0.1, 0.15) is 23.8 Å². The number of hydrogen-bond acceptors (Lipinski definition) is 5. The van der Waals surface area contributed by atoms with Crippen molar-refractivity contribution in [2.75, 3.05) is 10.6 Å². The van der Waals surface area contributed by atoms with Crippen molar-refractivity contribution in [3.8, 4) is 5.82 Å². The summed E-state index contributed by atoms with van der Waals surface area (Å²) < 4.78 is 3.81. The zero-order valence-electron chi connectivity index (χ0n) is 16.7. The summed E-state index contributed by atoms with van der Waals surface area (Å²) in [6.07, 6.45) is 8.82. The molecule has 4 heterocycles. The van der Waals surface area contributed by atoms with Crippen LogP contribution in [0.3, 0.4) is 0 Å². The first-order chi connectivity index (χ1) is 15.2. The van der Waals surface area contributed by atoms with Crippen LogP contribution in [0, 0.1) is 6.92 Å². The van der Waals surface area contributed by atoms with Gasteiger partial charge in [-0.1, -0.05) is 6.07 Å². The van der Waals surface area contributed by atoms with E-state index in [2.05, 4.69) is 25.6 Å². The lowest BCUT2D eigenvalue weighted by Crippen LogP contribution is -2.10. The molecule has 0 atom stereocenters. The molecule has 1 aromatic carbocycles. The second-order valence-corrected chi connectivity index (χ2v) is 7.02. The Balaban J connectivity index is 1.28. The van der Waals surface area contributed by atoms with Gasteiger partial charge in [-0.3, -0.25) is 9.36 Å². The van der Waals surface area contributed by atoms with Crippen LogP contribution in [-0.4, -0.2) is 29.8 Å². The number of pyridine rings is 1. The van der Waals surface area contributed by atoms with Crippen LogP contribution in [0.25, 0.3) is 11.3 Å². The van der Waals surface area contributed by atoms with Crippen molar-refractivity contribution < 1.29 is 4.79 Å². The van der Waals surface area contributed by atoms with E-state index in [4.69, 9.17) is 0 Å². The maximum absolute atomic E-state index is 12.6. The largest absolute Gasteiger partial charge is 0.340 e. The van der Waals surface area contributed by atoms with Gasteiger partial charge in [0.2, 0.25) is 0 Å². The van der Waals surface area contributed by atoms with Gasteiger partial charge in [0.05, 0.1) is 5.56 Å². The standard InChI is InChI=1S/C23H19N7O/c1-16-24-9-11-30(16)22-13-21(25-15-26-22)27-18-5-7-19(8-6-18)28-23(31)17-12-20-4-2-3-10-29(20)14-17/h2-15H,1H3,(H,28,31)(H,25,26,27). The highest BCUT2D eigenvalue weighted by atomic mass is 16.1. The molecule has 31 heavy (non-hydrogen) atoms. The quantitative estimate of drug-likeness (QED) is 0.454. The van der Waals surface area contributed by atoms with Crippen molar-refractivity contribution in [3.05, 3.63) is 97.1 Å². The molecule has 0 bridgehead atoms. The fraction of sp³-hybridized carbons (Fsp3) is 0.0435. The van der Waals surface area contributed by atoms with E-state index in [1.165, 1.54) is 6.33 Å². The third-order valence-electron chi connectivity index (χ3n) is 4.91. The Morgan fingerprint density at radius 2 is 1.77 bits per heavy atom. The molecule has 0 saturated carbocycles. The second kappa shape index (κ2) is 7.75. The molecule has 0 aliphatic rings. The van der Waals surface area contributed by atoms with E-state index >= 15 is 0 Å². The first-order valence-electron chi connectivity index (χ1n) is 9.73. The number of carbonyl (C=O) groups is 1. The molecular weight excluding hydrogens is 390 g/mol. The molecule has 5 aromatic rings. The minimum Gasteiger partial charge on any atom is -0.340 e. The van der Waals surface area contributed by atoms with Gasteiger partial charge in [-0.25, -0.2) is 15.0 Å². The third-order valence-corrected chi connectivity index (χ3v) is 4.91. The predicted molar refractivity (Wildman–Crippen MR) is 119 cm³/mol. The highest BCUT2D eigenvalue weighted by molar-refractivity contribution is 6.05. The van der Waals surface area contributed by atoms with Gasteiger partial charge in [0, 0.05) is 47.7 Å². The van der Waals surface area contributed by atoms with Gasteiger partial charge in [-0.05, 0) is 49.4 Å². The highest BCUT2D eigenvalue weighted by Gasteiger charge is 2.09. The molecular formula is C23H19N7O. The average Bonchev–Trinajstić information content (AvgIpc) is 3.41. The highest BCUT2D eigenvalue weighted by Crippen LogP contribution is 2.20. The van der Waals surface area contributed by atoms with E-state index in [1.54, 1.807) is 6.20 Å². The smallest absolute Gasteiger partial charge is 0.257 e. The summed E-state index contributed by atoms with van der Waals surface area (Å²) in [5.41, 5.74) is 3.14. The molecule has 5 rings (SSSR count). The minimum atomic E-state index is -0.152. The van der Waals surface area contributed by atoms with Gasteiger partial charge < -0.3 is 15.0 Å². The van der Waals surface area contributed by atoms with E-state index in [0.29, 0.717) is 17.1 Å². The van der Waals surface area contributed by atoms with E-state index in [0.717, 1.165) is 22.8 Å². The monoisotopic (exact) mass is 409 g/mol. The fourth-order valence-corrected chi connectivity index (χ4v) is 3.33. The number of hydrogen-bond donors (Lipinski definition) is 2. The number of rotatable bonds is 5. The number of benzene rings is 1. The number of amides is 1. The number of nitrogens with zero attached hydrogens (tertiary/aromatic N) is 5. The average molecular weight is 409 g/mol. The fourth-order valence-electron chi connectivity index (χ4n) is 3.33. The number of fused-ring (bicyclic) bond motifs is 1. The van der Waals surface area contributed by atoms with E-state index < -0.39 is 0 Å². The Labute approximate surface area is 178 Å². The van der Waals surface area contributed by atoms with Gasteiger partial charge in [0.25, 0.3) is 5.91 Å². The molecule has 4 aromatic heterocycles. The summed E-state index contributed by atoms with van der Waals surface area (Å²) in [5.74, 6) is 2.09. The van der Waals surface area contributed by atoms with Crippen LogP contribution in [0.2, 0.25) is 0 Å². The lowest BCUT2D eigenvalue weighted by atomic mass is 10.2. The van der Waals surface area contributed by atoms with Crippen molar-refractivity contribution in [3.63, 3.8) is 0 Å². The molecule has 0 radical (unpaired) electrons. The number of aromatic nitrogens is 5. The SMILES string of the molecule is Cc1nccn1-c1cc(Nc2ccc(NC(=O)c3cc4ccccn4c3)cc2)ncn1. The van der Waals surface area contributed by atoms with Crippen LogP contribution in [-0.2, 0) is 0 Å². The lowest BCUT2D eigenvalue weighted by Gasteiger charge is -2.09. The van der Waals surface area contributed by atoms with Crippen LogP contribution in [0.5, 0.6) is 0 Å². The first kappa shape index (κ1) is 18.6. The summed E-state index contributed by atoms with van der Waals surface area (Å²) in [4.78, 5) is 25.4. The molecule has 0 spiro atoms. The summed E-state index contributed by atoms with van der Waals surface area (Å²) in [5, 5.41) is 6.18. The maximum Gasteiger partial charge on any atom is 0.257 e. The first-order valence-corrected chi connectivity index (χ1v) is 9.73. The van der Waals surface area contributed by atoms with Gasteiger partial charge >= 0.3 is 0 Å². The number of anilines is 3. The van der Waals surface area contributed by atoms with Crippen LogP contribution >= 0.6 is 0 Å². The Morgan fingerprint density at radius 3 is 2.55 bits per heavy atom.